The molecule has 0 aliphatic carbocycles. The van der Waals surface area contributed by atoms with Crippen LogP contribution >= 0.6 is 34.4 Å². The number of nitrogens with one attached hydrogen (secondary N) is 1. The number of hydrogen-bond acceptors (Lipinski definition) is 7. The number of anilines is 1. The fraction of sp³-hybridized carbons (Fsp3) is 0.250. The largest absolute Gasteiger partial charge is 0.301 e. The van der Waals surface area contributed by atoms with E-state index in [2.05, 4.69) is 53.4 Å². The molecule has 2 heterocycles. The monoisotopic (exact) mass is 376 g/mol. The van der Waals surface area contributed by atoms with Crippen molar-refractivity contribution >= 4 is 45.5 Å². The van der Waals surface area contributed by atoms with E-state index in [1.165, 1.54) is 51.1 Å². The molecule has 0 fully saturated rings. The summed E-state index contributed by atoms with van der Waals surface area (Å²) in [5.41, 5.74) is 7.36. The van der Waals surface area contributed by atoms with Gasteiger partial charge in [0.05, 0.1) is 11.4 Å². The van der Waals surface area contributed by atoms with E-state index in [-0.39, 0.29) is 5.91 Å². The van der Waals surface area contributed by atoms with E-state index in [4.69, 9.17) is 0 Å². The van der Waals surface area contributed by atoms with Gasteiger partial charge in [0, 0.05) is 10.9 Å². The Labute approximate surface area is 152 Å². The predicted molar refractivity (Wildman–Crippen MR) is 101 cm³/mol. The number of rotatable bonds is 5. The minimum atomic E-state index is -0.0899. The van der Waals surface area contributed by atoms with Crippen LogP contribution in [0.3, 0.4) is 0 Å². The van der Waals surface area contributed by atoms with Gasteiger partial charge in [-0.2, -0.15) is 0 Å². The lowest BCUT2D eigenvalue weighted by Gasteiger charge is -2.07. The molecule has 5 nitrogen and oxygen atoms in total. The molecule has 0 spiro atoms. The highest BCUT2D eigenvalue weighted by molar-refractivity contribution is 8.01. The van der Waals surface area contributed by atoms with Gasteiger partial charge < -0.3 is 5.32 Å². The summed E-state index contributed by atoms with van der Waals surface area (Å²) in [5.74, 6) is 0.208. The zero-order chi connectivity index (χ0) is 17.1. The minimum absolute atomic E-state index is 0.0899. The van der Waals surface area contributed by atoms with Crippen molar-refractivity contribution in [2.75, 3.05) is 11.1 Å². The number of thioether (sulfide) groups is 1. The average molecular weight is 377 g/mol. The Morgan fingerprint density at radius 1 is 1.17 bits per heavy atom. The highest BCUT2D eigenvalue weighted by Crippen LogP contribution is 2.29. The second kappa shape index (κ2) is 7.42. The Bertz CT molecular complexity index is 858. The molecular weight excluding hydrogens is 360 g/mol. The Morgan fingerprint density at radius 3 is 2.71 bits per heavy atom. The number of carbonyl (C=O) groups excluding carboxylic acids is 1. The Kier molecular flexibility index (Phi) is 5.27. The van der Waals surface area contributed by atoms with Gasteiger partial charge >= 0.3 is 0 Å². The molecule has 24 heavy (non-hydrogen) atoms. The minimum Gasteiger partial charge on any atom is -0.301 e. The van der Waals surface area contributed by atoms with Crippen molar-refractivity contribution in [2.24, 2.45) is 0 Å². The first kappa shape index (κ1) is 17.1. The molecule has 1 aromatic carbocycles. The van der Waals surface area contributed by atoms with Crippen molar-refractivity contribution in [3.63, 3.8) is 0 Å². The van der Waals surface area contributed by atoms with Crippen LogP contribution in [0.5, 0.6) is 0 Å². The number of aryl methyl sites for hydroxylation is 3. The number of thiazole rings is 1. The lowest BCUT2D eigenvalue weighted by molar-refractivity contribution is -0.113. The quantitative estimate of drug-likeness (QED) is 0.672. The molecule has 0 bridgehead atoms. The van der Waals surface area contributed by atoms with Crippen LogP contribution in [0, 0.1) is 20.8 Å². The molecule has 0 aliphatic heterocycles. The van der Waals surface area contributed by atoms with E-state index in [0.717, 1.165) is 15.6 Å². The molecule has 1 N–H and O–H groups in total. The summed E-state index contributed by atoms with van der Waals surface area (Å²) in [7, 11) is 0. The molecule has 3 aromatic rings. The smallest absolute Gasteiger partial charge is 0.236 e. The van der Waals surface area contributed by atoms with Crippen molar-refractivity contribution in [1.29, 1.82) is 0 Å². The number of benzene rings is 1. The van der Waals surface area contributed by atoms with E-state index < -0.39 is 0 Å². The van der Waals surface area contributed by atoms with Crippen molar-refractivity contribution in [3.8, 4) is 11.3 Å². The topological polar surface area (TPSA) is 67.8 Å². The Morgan fingerprint density at radius 2 is 1.96 bits per heavy atom. The summed E-state index contributed by atoms with van der Waals surface area (Å²) < 4.78 is 0.788. The van der Waals surface area contributed by atoms with Gasteiger partial charge in [0.2, 0.25) is 5.91 Å². The van der Waals surface area contributed by atoms with E-state index >= 15 is 0 Å². The molecule has 124 valence electrons. The van der Waals surface area contributed by atoms with E-state index in [1.807, 2.05) is 5.38 Å². The normalized spacial score (nSPS) is 10.8. The summed E-state index contributed by atoms with van der Waals surface area (Å²) in [4.78, 5) is 16.6. The van der Waals surface area contributed by atoms with Crippen LogP contribution in [-0.4, -0.2) is 26.8 Å². The van der Waals surface area contributed by atoms with Gasteiger partial charge in [-0.3, -0.25) is 4.79 Å². The Hall–Kier alpha value is -1.77. The molecule has 0 saturated carbocycles. The number of aromatic nitrogens is 3. The summed E-state index contributed by atoms with van der Waals surface area (Å²) in [6, 6.07) is 4.32. The molecule has 3 rings (SSSR count). The number of hydrogen-bond donors (Lipinski definition) is 1. The first-order chi connectivity index (χ1) is 11.5. The standard InChI is InChI=1S/C16H16N4OS3/c1-9-4-11(3)12(5-10(9)2)13-6-22-15(18-13)19-14(21)7-23-16-20-17-8-24-16/h4-6,8H,7H2,1-3H3,(H,18,19,21). The Balaban J connectivity index is 1.67. The first-order valence-electron chi connectivity index (χ1n) is 7.25. The molecule has 2 aromatic heterocycles. The lowest BCUT2D eigenvalue weighted by atomic mass is 9.99. The number of carbonyl (C=O) groups is 1. The zero-order valence-electron chi connectivity index (χ0n) is 13.5. The fourth-order valence-electron chi connectivity index (χ4n) is 2.20. The average Bonchev–Trinajstić information content (AvgIpc) is 3.20. The van der Waals surface area contributed by atoms with Gasteiger partial charge in [-0.15, -0.1) is 21.5 Å². The third-order valence-corrected chi connectivity index (χ3v) is 6.15. The summed E-state index contributed by atoms with van der Waals surface area (Å²) in [6.45, 7) is 6.28. The number of nitrogens with zero attached hydrogens (tertiary/aromatic N) is 3. The predicted octanol–water partition coefficient (Wildman–Crippen LogP) is 4.32. The molecule has 0 radical (unpaired) electrons. The second-order valence-electron chi connectivity index (χ2n) is 5.33. The van der Waals surface area contributed by atoms with Crippen LogP contribution < -0.4 is 5.32 Å². The summed E-state index contributed by atoms with van der Waals surface area (Å²) in [6.07, 6.45) is 0. The van der Waals surface area contributed by atoms with Crippen LogP contribution in [0.1, 0.15) is 16.7 Å². The molecule has 0 atom stereocenters. The van der Waals surface area contributed by atoms with Gasteiger partial charge in [-0.1, -0.05) is 29.2 Å². The maximum atomic E-state index is 12.0. The molecule has 0 saturated heterocycles. The van der Waals surface area contributed by atoms with Gasteiger partial charge in [-0.25, -0.2) is 4.98 Å². The molecule has 8 heteroatoms. The van der Waals surface area contributed by atoms with Crippen molar-refractivity contribution in [1.82, 2.24) is 15.2 Å². The van der Waals surface area contributed by atoms with E-state index in [9.17, 15) is 4.79 Å². The highest BCUT2D eigenvalue weighted by Gasteiger charge is 2.11. The molecule has 1 amide bonds. The second-order valence-corrected chi connectivity index (χ2v) is 8.24. The lowest BCUT2D eigenvalue weighted by Crippen LogP contribution is -2.13. The zero-order valence-corrected chi connectivity index (χ0v) is 15.9. The summed E-state index contributed by atoms with van der Waals surface area (Å²) >= 11 is 4.23. The van der Waals surface area contributed by atoms with Crippen LogP contribution in [-0.2, 0) is 4.79 Å². The van der Waals surface area contributed by atoms with Gasteiger partial charge in [-0.05, 0) is 43.5 Å². The van der Waals surface area contributed by atoms with E-state index in [0.29, 0.717) is 10.9 Å². The highest BCUT2D eigenvalue weighted by atomic mass is 32.2. The maximum absolute atomic E-state index is 12.0. The van der Waals surface area contributed by atoms with Gasteiger partial charge in [0.15, 0.2) is 9.47 Å². The molecular formula is C16H16N4OS3. The van der Waals surface area contributed by atoms with Crippen molar-refractivity contribution < 1.29 is 4.79 Å². The third kappa shape index (κ3) is 4.00. The van der Waals surface area contributed by atoms with Gasteiger partial charge in [0.25, 0.3) is 0 Å². The van der Waals surface area contributed by atoms with Crippen LogP contribution in [0.4, 0.5) is 5.13 Å². The summed E-state index contributed by atoms with van der Waals surface area (Å²) in [5, 5.41) is 13.1. The first-order valence-corrected chi connectivity index (χ1v) is 10.00. The van der Waals surface area contributed by atoms with Crippen molar-refractivity contribution in [3.05, 3.63) is 39.7 Å². The SMILES string of the molecule is Cc1cc(C)c(-c2csc(NC(=O)CSc3nncs3)n2)cc1C. The van der Waals surface area contributed by atoms with Crippen LogP contribution in [0.15, 0.2) is 27.4 Å². The van der Waals surface area contributed by atoms with Gasteiger partial charge in [0.1, 0.15) is 5.51 Å². The fourth-order valence-corrected chi connectivity index (χ4v) is 4.21. The number of amides is 1. The third-order valence-electron chi connectivity index (χ3n) is 3.53. The molecule has 0 aliphatic rings. The maximum Gasteiger partial charge on any atom is 0.236 e. The van der Waals surface area contributed by atoms with Crippen LogP contribution in [0.2, 0.25) is 0 Å². The van der Waals surface area contributed by atoms with Crippen molar-refractivity contribution in [2.45, 2.75) is 25.1 Å². The van der Waals surface area contributed by atoms with E-state index in [1.54, 1.807) is 5.51 Å². The molecule has 0 unspecified atom stereocenters. The van der Waals surface area contributed by atoms with Crippen LogP contribution in [0.25, 0.3) is 11.3 Å².